The lowest BCUT2D eigenvalue weighted by molar-refractivity contribution is -0.887. The molecule has 8 nitrogen and oxygen atoms in total. The van der Waals surface area contributed by atoms with Crippen LogP contribution in [0.15, 0.2) is 60.8 Å². The van der Waals surface area contributed by atoms with E-state index in [4.69, 9.17) is 14.2 Å². The number of ether oxygens (including phenoxy) is 3. The predicted molar refractivity (Wildman–Crippen MR) is 252 cm³/mol. The van der Waals surface area contributed by atoms with Crippen LogP contribution in [-0.2, 0) is 28.6 Å². The molecule has 2 atom stereocenters. The molecule has 0 rings (SSSR count). The van der Waals surface area contributed by atoms with Crippen molar-refractivity contribution in [1.82, 2.24) is 0 Å². The number of carboxylic acids is 1. The average molecular weight is 843 g/mol. The molecule has 346 valence electrons. The number of carboxylic acid groups (broad SMARTS) is 1. The van der Waals surface area contributed by atoms with Gasteiger partial charge in [-0.3, -0.25) is 9.59 Å². The molecule has 0 heterocycles. The van der Waals surface area contributed by atoms with Crippen LogP contribution < -0.4 is 0 Å². The quantitative estimate of drug-likeness (QED) is 0.0282. The molecule has 0 aromatic rings. The number of rotatable bonds is 43. The van der Waals surface area contributed by atoms with Crippen LogP contribution in [0.1, 0.15) is 200 Å². The number of carbonyl (C=O) groups is 3. The van der Waals surface area contributed by atoms with Crippen LogP contribution in [0.3, 0.4) is 0 Å². The lowest BCUT2D eigenvalue weighted by Gasteiger charge is -2.31. The maximum atomic E-state index is 12.8. The Morgan fingerprint density at radius 3 is 1.38 bits per heavy atom. The van der Waals surface area contributed by atoms with Crippen LogP contribution in [-0.4, -0.2) is 80.6 Å². The number of nitrogens with zero attached hydrogens (tertiary/aromatic N) is 1. The predicted octanol–water partition coefficient (Wildman–Crippen LogP) is 13.8. The summed E-state index contributed by atoms with van der Waals surface area (Å²) < 4.78 is 17.3. The molecule has 0 aromatic heterocycles. The molecule has 60 heavy (non-hydrogen) atoms. The molecule has 0 aliphatic heterocycles. The monoisotopic (exact) mass is 843 g/mol. The summed E-state index contributed by atoms with van der Waals surface area (Å²) in [6.07, 6.45) is 52.7. The van der Waals surface area contributed by atoms with Crippen molar-refractivity contribution in [1.29, 1.82) is 0 Å². The Kier molecular flexibility index (Phi) is 40.6. The first-order valence-electron chi connectivity index (χ1n) is 24.3. The van der Waals surface area contributed by atoms with E-state index in [2.05, 4.69) is 74.6 Å². The van der Waals surface area contributed by atoms with Crippen molar-refractivity contribution in [3.05, 3.63) is 60.8 Å². The Morgan fingerprint density at radius 2 is 0.933 bits per heavy atom. The van der Waals surface area contributed by atoms with Crippen LogP contribution in [0.25, 0.3) is 0 Å². The molecular formula is C52H92NO7+. The molecule has 8 heteroatoms. The van der Waals surface area contributed by atoms with E-state index < -0.39 is 18.1 Å². The third-order valence-electron chi connectivity index (χ3n) is 10.7. The van der Waals surface area contributed by atoms with E-state index >= 15 is 0 Å². The van der Waals surface area contributed by atoms with Crippen LogP contribution in [0.4, 0.5) is 0 Å². The highest BCUT2D eigenvalue weighted by Gasteiger charge is 2.31. The van der Waals surface area contributed by atoms with Gasteiger partial charge in [-0.2, -0.15) is 0 Å². The van der Waals surface area contributed by atoms with Gasteiger partial charge in [-0.25, -0.2) is 4.79 Å². The third kappa shape index (κ3) is 40.4. The fraction of sp³-hybridized carbons (Fsp3) is 0.750. The second-order valence-corrected chi connectivity index (χ2v) is 17.3. The molecule has 0 fully saturated rings. The van der Waals surface area contributed by atoms with Crippen LogP contribution in [0.5, 0.6) is 0 Å². The lowest BCUT2D eigenvalue weighted by Crippen LogP contribution is -2.50. The number of allylic oxidation sites excluding steroid dienone is 10. The molecule has 0 amide bonds. The Balaban J connectivity index is 4.30. The van der Waals surface area contributed by atoms with E-state index in [1.54, 1.807) is 0 Å². The SMILES string of the molecule is CC/C=C/C/C=C/C/C=C/CCCCCCC(=O)OCC(COCCC(C(=O)O)[N+](C)(C)C)OC(=O)CCCCCCCCC/C=C/C/C=C/CCCCCCCCCC. The number of esters is 2. The van der Waals surface area contributed by atoms with E-state index in [9.17, 15) is 19.5 Å². The van der Waals surface area contributed by atoms with Gasteiger partial charge >= 0.3 is 17.9 Å². The summed E-state index contributed by atoms with van der Waals surface area (Å²) in [6.45, 7) is 4.59. The number of aliphatic carboxylic acids is 1. The van der Waals surface area contributed by atoms with Gasteiger partial charge in [0.25, 0.3) is 0 Å². The first-order valence-corrected chi connectivity index (χ1v) is 24.3. The Bertz CT molecular complexity index is 1170. The van der Waals surface area contributed by atoms with Crippen LogP contribution in [0.2, 0.25) is 0 Å². The Morgan fingerprint density at radius 1 is 0.517 bits per heavy atom. The van der Waals surface area contributed by atoms with Crippen molar-refractivity contribution >= 4 is 17.9 Å². The van der Waals surface area contributed by atoms with E-state index in [-0.39, 0.29) is 36.2 Å². The maximum Gasteiger partial charge on any atom is 0.362 e. The Hall–Kier alpha value is -2.97. The minimum atomic E-state index is -0.881. The van der Waals surface area contributed by atoms with Crippen molar-refractivity contribution in [2.75, 3.05) is 41.0 Å². The number of unbranched alkanes of at least 4 members (excludes halogenated alkanes) is 19. The number of hydrogen-bond donors (Lipinski definition) is 1. The van der Waals surface area contributed by atoms with Gasteiger partial charge in [-0.05, 0) is 77.0 Å². The summed E-state index contributed by atoms with van der Waals surface area (Å²) >= 11 is 0. The molecule has 0 spiro atoms. The molecule has 1 N–H and O–H groups in total. The minimum Gasteiger partial charge on any atom is -0.477 e. The van der Waals surface area contributed by atoms with E-state index in [0.717, 1.165) is 83.5 Å². The van der Waals surface area contributed by atoms with Crippen molar-refractivity contribution in [3.8, 4) is 0 Å². The highest BCUT2D eigenvalue weighted by atomic mass is 16.6. The van der Waals surface area contributed by atoms with Gasteiger partial charge in [-0.1, -0.05) is 164 Å². The zero-order valence-electron chi connectivity index (χ0n) is 39.4. The van der Waals surface area contributed by atoms with Gasteiger partial charge in [0.1, 0.15) is 6.61 Å². The average Bonchev–Trinajstić information content (AvgIpc) is 3.21. The molecule has 0 saturated carbocycles. The molecule has 0 saturated heterocycles. The summed E-state index contributed by atoms with van der Waals surface area (Å²) in [6, 6.07) is -0.622. The second-order valence-electron chi connectivity index (χ2n) is 17.3. The molecule has 0 aliphatic carbocycles. The fourth-order valence-corrected chi connectivity index (χ4v) is 6.90. The van der Waals surface area contributed by atoms with Crippen molar-refractivity contribution in [2.45, 2.75) is 212 Å². The molecule has 0 radical (unpaired) electrons. The van der Waals surface area contributed by atoms with Gasteiger partial charge in [0.05, 0.1) is 34.4 Å². The van der Waals surface area contributed by atoms with E-state index in [0.29, 0.717) is 19.3 Å². The minimum absolute atomic E-state index is 0.0486. The fourth-order valence-electron chi connectivity index (χ4n) is 6.90. The summed E-state index contributed by atoms with van der Waals surface area (Å²) in [7, 11) is 5.52. The zero-order chi connectivity index (χ0) is 44.2. The number of hydrogen-bond acceptors (Lipinski definition) is 6. The first kappa shape index (κ1) is 57.0. The van der Waals surface area contributed by atoms with Gasteiger partial charge in [0.15, 0.2) is 12.1 Å². The molecular weight excluding hydrogens is 751 g/mol. The second kappa shape index (κ2) is 42.7. The standard InChI is InChI=1S/C52H91NO7/c1-6-8-10-12-14-16-18-20-22-23-24-25-26-27-28-29-31-33-35-37-39-41-43-51(55)60-48(46-58-45-44-49(52(56)57)53(3,4)5)47-59-50(54)42-40-38-36-34-32-30-21-19-17-15-13-11-9-7-2/h9,11,15,17,21,23-24,26-27,30,48-49H,6-8,10,12-14,16,18-20,22,25,28-29,31-47H2,1-5H3/p+1/b11-9+,17-15+,24-23+,27-26+,30-21+. The van der Waals surface area contributed by atoms with Gasteiger partial charge in [-0.15, -0.1) is 0 Å². The third-order valence-corrected chi connectivity index (χ3v) is 10.7. The largest absolute Gasteiger partial charge is 0.477 e. The molecule has 0 aliphatic rings. The van der Waals surface area contributed by atoms with Crippen molar-refractivity contribution < 1.29 is 38.2 Å². The molecule has 0 aromatic carbocycles. The number of quaternary nitrogens is 1. The zero-order valence-corrected chi connectivity index (χ0v) is 39.4. The van der Waals surface area contributed by atoms with Crippen LogP contribution in [0, 0.1) is 0 Å². The van der Waals surface area contributed by atoms with E-state index in [1.807, 2.05) is 21.1 Å². The normalized spacial score (nSPS) is 13.4. The van der Waals surface area contributed by atoms with Gasteiger partial charge in [0.2, 0.25) is 0 Å². The summed E-state index contributed by atoms with van der Waals surface area (Å²) in [5, 5.41) is 9.64. The highest BCUT2D eigenvalue weighted by molar-refractivity contribution is 5.72. The van der Waals surface area contributed by atoms with Crippen molar-refractivity contribution in [2.24, 2.45) is 0 Å². The number of carbonyl (C=O) groups excluding carboxylic acids is 2. The van der Waals surface area contributed by atoms with Gasteiger partial charge < -0.3 is 23.8 Å². The highest BCUT2D eigenvalue weighted by Crippen LogP contribution is 2.14. The van der Waals surface area contributed by atoms with E-state index in [1.165, 1.54) is 83.5 Å². The lowest BCUT2D eigenvalue weighted by atomic mass is 10.1. The van der Waals surface area contributed by atoms with Gasteiger partial charge in [0, 0.05) is 19.3 Å². The van der Waals surface area contributed by atoms with Crippen molar-refractivity contribution in [3.63, 3.8) is 0 Å². The number of likely N-dealkylation sites (N-methyl/N-ethyl adjacent to an activating group) is 1. The summed E-state index contributed by atoms with van der Waals surface area (Å²) in [5.74, 6) is -1.51. The summed E-state index contributed by atoms with van der Waals surface area (Å²) in [5.41, 5.74) is 0. The van der Waals surface area contributed by atoms with Crippen LogP contribution >= 0.6 is 0 Å². The smallest absolute Gasteiger partial charge is 0.362 e. The molecule has 2 unspecified atom stereocenters. The maximum absolute atomic E-state index is 12.8. The topological polar surface area (TPSA) is 99.1 Å². The molecule has 0 bridgehead atoms. The Labute approximate surface area is 368 Å². The summed E-state index contributed by atoms with van der Waals surface area (Å²) in [4.78, 5) is 37.1. The first-order chi connectivity index (χ1) is 29.1.